The van der Waals surface area contributed by atoms with Crippen LogP contribution < -0.4 is 5.32 Å². The molecule has 1 fully saturated rings. The molecule has 1 aromatic carbocycles. The number of fused-ring (bicyclic) bond motifs is 1. The largest absolute Gasteiger partial charge is 0.451 e. The van der Waals surface area contributed by atoms with Crippen LogP contribution in [0.4, 0.5) is 0 Å². The van der Waals surface area contributed by atoms with Gasteiger partial charge in [-0.1, -0.05) is 30.9 Å². The molecule has 1 aromatic heterocycles. The first-order valence-electron chi connectivity index (χ1n) is 7.05. The quantitative estimate of drug-likeness (QED) is 0.910. The molecule has 1 heterocycles. The lowest BCUT2D eigenvalue weighted by atomic mass is 9.83. The van der Waals surface area contributed by atoms with E-state index in [1.807, 2.05) is 0 Å². The second-order valence-corrected chi connectivity index (χ2v) is 5.94. The number of benzene rings is 1. The average Bonchev–Trinajstić information content (AvgIpc) is 2.91. The number of nitriles is 1. The van der Waals surface area contributed by atoms with E-state index in [0.717, 1.165) is 24.6 Å². The molecule has 1 saturated carbocycles. The van der Waals surface area contributed by atoms with Crippen LogP contribution in [0.25, 0.3) is 11.0 Å². The van der Waals surface area contributed by atoms with E-state index in [1.54, 1.807) is 24.3 Å². The van der Waals surface area contributed by atoms with Gasteiger partial charge in [-0.3, -0.25) is 4.79 Å². The molecule has 0 atom stereocenters. The maximum absolute atomic E-state index is 12.3. The van der Waals surface area contributed by atoms with Gasteiger partial charge in [0, 0.05) is 10.4 Å². The molecule has 0 radical (unpaired) electrons. The Kier molecular flexibility index (Phi) is 3.60. The Balaban J connectivity index is 1.85. The Morgan fingerprint density at radius 1 is 1.29 bits per heavy atom. The van der Waals surface area contributed by atoms with Gasteiger partial charge in [-0.2, -0.15) is 5.26 Å². The summed E-state index contributed by atoms with van der Waals surface area (Å²) < 4.78 is 5.54. The number of amides is 1. The van der Waals surface area contributed by atoms with E-state index in [2.05, 4.69) is 11.4 Å². The van der Waals surface area contributed by atoms with E-state index < -0.39 is 5.54 Å². The lowest BCUT2D eigenvalue weighted by Crippen LogP contribution is -2.48. The first-order valence-corrected chi connectivity index (χ1v) is 7.43. The van der Waals surface area contributed by atoms with E-state index in [4.69, 9.17) is 16.0 Å². The number of hydrogen-bond acceptors (Lipinski definition) is 3. The molecule has 3 rings (SSSR count). The molecule has 1 amide bonds. The Morgan fingerprint density at radius 2 is 2.05 bits per heavy atom. The van der Waals surface area contributed by atoms with Crippen LogP contribution in [-0.2, 0) is 0 Å². The van der Waals surface area contributed by atoms with Gasteiger partial charge in [-0.05, 0) is 37.1 Å². The summed E-state index contributed by atoms with van der Waals surface area (Å²) in [6.45, 7) is 0. The Labute approximate surface area is 127 Å². The molecule has 1 N–H and O–H groups in total. The van der Waals surface area contributed by atoms with Crippen molar-refractivity contribution < 1.29 is 9.21 Å². The zero-order chi connectivity index (χ0) is 14.9. The number of carbonyl (C=O) groups is 1. The van der Waals surface area contributed by atoms with Crippen molar-refractivity contribution in [2.24, 2.45) is 0 Å². The highest BCUT2D eigenvalue weighted by molar-refractivity contribution is 6.31. The second kappa shape index (κ2) is 5.42. The maximum Gasteiger partial charge on any atom is 0.288 e. The van der Waals surface area contributed by atoms with Crippen molar-refractivity contribution in [1.82, 2.24) is 5.32 Å². The fraction of sp³-hybridized carbons (Fsp3) is 0.375. The maximum atomic E-state index is 12.3. The second-order valence-electron chi connectivity index (χ2n) is 5.50. The summed E-state index contributed by atoms with van der Waals surface area (Å²) in [4.78, 5) is 12.3. The van der Waals surface area contributed by atoms with E-state index in [0.29, 0.717) is 23.4 Å². The molecule has 4 nitrogen and oxygen atoms in total. The van der Waals surface area contributed by atoms with Gasteiger partial charge in [0.1, 0.15) is 11.1 Å². The normalized spacial score (nSPS) is 17.3. The first kappa shape index (κ1) is 14.0. The summed E-state index contributed by atoms with van der Waals surface area (Å²) in [7, 11) is 0. The topological polar surface area (TPSA) is 66.0 Å². The third-order valence-corrected chi connectivity index (χ3v) is 4.21. The SMILES string of the molecule is N#CC1(NC(=O)c2cc3cc(Cl)ccc3o2)CCCCC1. The van der Waals surface area contributed by atoms with Crippen LogP contribution in [0.1, 0.15) is 42.7 Å². The van der Waals surface area contributed by atoms with Crippen LogP contribution in [0.15, 0.2) is 28.7 Å². The van der Waals surface area contributed by atoms with Gasteiger partial charge in [-0.15, -0.1) is 0 Å². The van der Waals surface area contributed by atoms with Crippen LogP contribution in [0.5, 0.6) is 0 Å². The number of carbonyl (C=O) groups excluding carboxylic acids is 1. The highest BCUT2D eigenvalue weighted by Gasteiger charge is 2.34. The van der Waals surface area contributed by atoms with Crippen molar-refractivity contribution in [2.75, 3.05) is 0 Å². The summed E-state index contributed by atoms with van der Waals surface area (Å²) in [6.07, 6.45) is 4.43. The summed E-state index contributed by atoms with van der Waals surface area (Å²) in [5.74, 6) is -0.127. The molecule has 0 bridgehead atoms. The number of rotatable bonds is 2. The van der Waals surface area contributed by atoms with E-state index >= 15 is 0 Å². The van der Waals surface area contributed by atoms with Crippen LogP contribution in [0, 0.1) is 11.3 Å². The van der Waals surface area contributed by atoms with Gasteiger partial charge in [0.2, 0.25) is 0 Å². The Hall–Kier alpha value is -1.99. The lowest BCUT2D eigenvalue weighted by Gasteiger charge is -2.31. The molecule has 0 unspecified atom stereocenters. The average molecular weight is 303 g/mol. The minimum atomic E-state index is -0.758. The molecule has 5 heteroatoms. The molecular weight excluding hydrogens is 288 g/mol. The van der Waals surface area contributed by atoms with Gasteiger partial charge < -0.3 is 9.73 Å². The van der Waals surface area contributed by atoms with Crippen LogP contribution in [0.2, 0.25) is 5.02 Å². The molecule has 0 aliphatic heterocycles. The minimum Gasteiger partial charge on any atom is -0.451 e. The van der Waals surface area contributed by atoms with Gasteiger partial charge in [0.05, 0.1) is 6.07 Å². The molecule has 1 aliphatic rings. The number of nitrogens with zero attached hydrogens (tertiary/aromatic N) is 1. The summed E-state index contributed by atoms with van der Waals surface area (Å²) in [5, 5.41) is 13.6. The number of halogens is 1. The fourth-order valence-electron chi connectivity index (χ4n) is 2.83. The van der Waals surface area contributed by atoms with E-state index in [9.17, 15) is 10.1 Å². The Bertz CT molecular complexity index is 723. The van der Waals surface area contributed by atoms with Crippen LogP contribution >= 0.6 is 11.6 Å². The number of hydrogen-bond donors (Lipinski definition) is 1. The molecule has 0 saturated heterocycles. The van der Waals surface area contributed by atoms with E-state index in [1.165, 1.54) is 0 Å². The Morgan fingerprint density at radius 3 is 2.76 bits per heavy atom. The molecular formula is C16H15ClN2O2. The number of furan rings is 1. The highest BCUT2D eigenvalue weighted by atomic mass is 35.5. The van der Waals surface area contributed by atoms with Crippen LogP contribution in [-0.4, -0.2) is 11.4 Å². The fourth-order valence-corrected chi connectivity index (χ4v) is 3.01. The monoisotopic (exact) mass is 302 g/mol. The summed E-state index contributed by atoms with van der Waals surface area (Å²) in [6, 6.07) is 9.12. The molecule has 1 aliphatic carbocycles. The van der Waals surface area contributed by atoms with Crippen molar-refractivity contribution in [3.05, 3.63) is 35.0 Å². The lowest BCUT2D eigenvalue weighted by molar-refractivity contribution is 0.0876. The highest BCUT2D eigenvalue weighted by Crippen LogP contribution is 2.29. The molecule has 2 aromatic rings. The molecule has 21 heavy (non-hydrogen) atoms. The predicted octanol–water partition coefficient (Wildman–Crippen LogP) is 4.04. The predicted molar refractivity (Wildman–Crippen MR) is 80.1 cm³/mol. The number of nitrogens with one attached hydrogen (secondary N) is 1. The zero-order valence-electron chi connectivity index (χ0n) is 11.5. The van der Waals surface area contributed by atoms with Gasteiger partial charge in [0.25, 0.3) is 5.91 Å². The zero-order valence-corrected chi connectivity index (χ0v) is 12.2. The first-order chi connectivity index (χ1) is 10.1. The standard InChI is InChI=1S/C16H15ClN2O2/c17-12-4-5-13-11(8-12)9-14(21-13)15(20)19-16(10-18)6-2-1-3-7-16/h4-5,8-9H,1-3,6-7H2,(H,19,20). The molecule has 0 spiro atoms. The van der Waals surface area contributed by atoms with Crippen molar-refractivity contribution in [1.29, 1.82) is 5.26 Å². The molecule has 108 valence electrons. The third-order valence-electron chi connectivity index (χ3n) is 3.98. The summed E-state index contributed by atoms with van der Waals surface area (Å²) >= 11 is 5.92. The van der Waals surface area contributed by atoms with Crippen molar-refractivity contribution >= 4 is 28.5 Å². The smallest absolute Gasteiger partial charge is 0.288 e. The van der Waals surface area contributed by atoms with Gasteiger partial charge >= 0.3 is 0 Å². The van der Waals surface area contributed by atoms with Crippen molar-refractivity contribution in [3.8, 4) is 6.07 Å². The van der Waals surface area contributed by atoms with E-state index in [-0.39, 0.29) is 11.7 Å². The van der Waals surface area contributed by atoms with Crippen molar-refractivity contribution in [2.45, 2.75) is 37.6 Å². The van der Waals surface area contributed by atoms with Crippen LogP contribution in [0.3, 0.4) is 0 Å². The third kappa shape index (κ3) is 2.74. The van der Waals surface area contributed by atoms with Gasteiger partial charge in [0.15, 0.2) is 5.76 Å². The van der Waals surface area contributed by atoms with Gasteiger partial charge in [-0.25, -0.2) is 0 Å². The minimum absolute atomic E-state index is 0.215. The summed E-state index contributed by atoms with van der Waals surface area (Å²) in [5.41, 5.74) is -0.148. The van der Waals surface area contributed by atoms with Crippen molar-refractivity contribution in [3.63, 3.8) is 0 Å².